The standard InChI is InChI=1S/C48H34N4.C42H28N4S.C42H30N4/c1-48(2)41-24-13-12-23-37(41)39-29-40-38-26-25-34(31-15-6-3-7-16-31)28-43(38)52(44(40)30-42(39)48)36-22-14-21-35(27-36)47-50-45(32-17-8-4-9-18-32)49-46(51-47)33-19-10-5-11-20-33;1-42(2)33-20-9-6-15-26(33)31-23-32-27-16-7-10-21-35(27)46(36(32)24-34(31)42)41-44-39(25-13-4-3-5-14-25)43-40(45-41)30-19-12-18-29-28-17-8-11-22-37(28)47-38(29)30;1-42(2)35-21-13-12-20-31(35)33-25-34-32-23-22-30(27-14-6-3-7-15-27)24-37(32)46(38(34)26-36(33)42)41-44-39(28-16-8-4-9-17-28)43-40(45-41)29-18-10-5-11-19-29/h3-30H,1-2H3;3-24H,1-2H3;3-26H,1-2H3. The third-order valence-electron chi connectivity index (χ3n) is 30.0. The largest absolute Gasteiger partial charge is 0.309 e. The van der Waals surface area contributed by atoms with Gasteiger partial charge >= 0.3 is 0 Å². The van der Waals surface area contributed by atoms with Crippen LogP contribution in [0.3, 0.4) is 0 Å². The summed E-state index contributed by atoms with van der Waals surface area (Å²) < 4.78 is 9.36. The SMILES string of the molecule is CC1(C)c2ccccc2-c2cc3c4ccc(-c5ccccc5)cc4n(-c4cccc(-c5nc(-c6ccccc6)nc(-c6ccccc6)n5)c4)c3cc21.CC1(C)c2ccccc2-c2cc3c4ccc(-c5ccccc5)cc4n(-c4nc(-c5ccccc5)nc(-c5ccccc5)n4)c3cc21.CC1(C)c2ccccc2-c2cc3c4ccccc4n(-c4nc(-c5ccccc5)nc(-c5cccc6c5sc5ccccc56)n4)c3cc21. The highest BCUT2D eigenvalue weighted by molar-refractivity contribution is 7.26. The van der Waals surface area contributed by atoms with Crippen molar-refractivity contribution in [1.29, 1.82) is 0 Å². The van der Waals surface area contributed by atoms with E-state index in [1.165, 1.54) is 141 Å². The van der Waals surface area contributed by atoms with Crippen molar-refractivity contribution in [3.63, 3.8) is 0 Å². The summed E-state index contributed by atoms with van der Waals surface area (Å²) in [6.07, 6.45) is 0. The fraction of sp³-hybridized carbons (Fsp3) is 0.0682. The van der Waals surface area contributed by atoms with E-state index in [2.05, 4.69) is 389 Å². The van der Waals surface area contributed by atoms with Crippen LogP contribution in [0.2, 0.25) is 0 Å². The van der Waals surface area contributed by atoms with Gasteiger partial charge in [-0.15, -0.1) is 11.3 Å². The summed E-state index contributed by atoms with van der Waals surface area (Å²) in [5.41, 5.74) is 34.7. The molecule has 145 heavy (non-hydrogen) atoms. The molecule has 0 unspecified atom stereocenters. The van der Waals surface area contributed by atoms with Gasteiger partial charge in [0.15, 0.2) is 40.8 Å². The van der Waals surface area contributed by atoms with Crippen molar-refractivity contribution in [3.8, 4) is 153 Å². The first-order chi connectivity index (χ1) is 71.1. The van der Waals surface area contributed by atoms with Crippen LogP contribution in [0.5, 0.6) is 0 Å². The molecule has 0 amide bonds. The molecule has 0 bridgehead atoms. The smallest absolute Gasteiger partial charge is 0.238 e. The van der Waals surface area contributed by atoms with E-state index in [4.69, 9.17) is 44.9 Å². The Bertz CT molecular complexity index is 9590. The zero-order chi connectivity index (χ0) is 96.9. The van der Waals surface area contributed by atoms with Gasteiger partial charge in [-0.3, -0.25) is 9.13 Å². The molecule has 29 rings (SSSR count). The quantitative estimate of drug-likeness (QED) is 0.117. The van der Waals surface area contributed by atoms with Crippen molar-refractivity contribution in [2.75, 3.05) is 0 Å². The van der Waals surface area contributed by atoms with Crippen LogP contribution in [-0.4, -0.2) is 58.6 Å². The number of hydrogen-bond donors (Lipinski definition) is 0. The van der Waals surface area contributed by atoms with Crippen molar-refractivity contribution >= 4 is 96.9 Å². The van der Waals surface area contributed by atoms with Crippen LogP contribution in [0, 0.1) is 0 Å². The van der Waals surface area contributed by atoms with Gasteiger partial charge in [0.05, 0.1) is 33.1 Å². The van der Waals surface area contributed by atoms with E-state index in [9.17, 15) is 0 Å². The Kier molecular flexibility index (Phi) is 20.2. The molecule has 3 aliphatic carbocycles. The Labute approximate surface area is 842 Å². The number of thiophene rings is 1. The lowest BCUT2D eigenvalue weighted by Gasteiger charge is -2.21. The molecule has 0 fully saturated rings. The van der Waals surface area contributed by atoms with Gasteiger partial charge in [0.1, 0.15) is 0 Å². The summed E-state index contributed by atoms with van der Waals surface area (Å²) in [6.45, 7) is 14.0. The summed E-state index contributed by atoms with van der Waals surface area (Å²) in [7, 11) is 0. The molecule has 0 radical (unpaired) electrons. The molecule has 0 N–H and O–H groups in total. The number of hydrogen-bond acceptors (Lipinski definition) is 10. The van der Waals surface area contributed by atoms with Crippen molar-refractivity contribution in [2.45, 2.75) is 57.8 Å². The molecule has 0 atom stereocenters. The summed E-state index contributed by atoms with van der Waals surface area (Å²) in [4.78, 5) is 46.1. The molecule has 19 aromatic carbocycles. The highest BCUT2D eigenvalue weighted by Crippen LogP contribution is 2.56. The van der Waals surface area contributed by atoms with E-state index >= 15 is 0 Å². The fourth-order valence-electron chi connectivity index (χ4n) is 22.8. The second-order valence-electron chi connectivity index (χ2n) is 39.5. The minimum atomic E-state index is -0.139. The predicted octanol–water partition coefficient (Wildman–Crippen LogP) is 33.2. The highest BCUT2D eigenvalue weighted by atomic mass is 32.1. The Morgan fingerprint density at radius 2 is 0.469 bits per heavy atom. The molecule has 7 aromatic heterocycles. The van der Waals surface area contributed by atoms with Crippen molar-refractivity contribution in [1.82, 2.24) is 58.6 Å². The minimum Gasteiger partial charge on any atom is -0.309 e. The average Bonchev–Trinajstić information content (AvgIpc) is 1.56. The first kappa shape index (κ1) is 86.0. The molecular weight excluding hydrogens is 1790 g/mol. The maximum absolute atomic E-state index is 5.31. The van der Waals surface area contributed by atoms with Crippen LogP contribution >= 0.6 is 11.3 Å². The third-order valence-corrected chi connectivity index (χ3v) is 31.2. The first-order valence-corrected chi connectivity index (χ1v) is 50.3. The van der Waals surface area contributed by atoms with Gasteiger partial charge in [0.2, 0.25) is 11.9 Å². The molecule has 686 valence electrons. The normalized spacial score (nSPS) is 13.2. The highest BCUT2D eigenvalue weighted by Gasteiger charge is 2.40. The molecule has 0 saturated carbocycles. The lowest BCUT2D eigenvalue weighted by atomic mass is 9.82. The van der Waals surface area contributed by atoms with Gasteiger partial charge < -0.3 is 4.57 Å². The van der Waals surface area contributed by atoms with Gasteiger partial charge in [-0.25, -0.2) is 24.9 Å². The Balaban J connectivity index is 0.000000108. The van der Waals surface area contributed by atoms with E-state index in [1.807, 2.05) is 115 Å². The Morgan fingerprint density at radius 3 is 0.903 bits per heavy atom. The Morgan fingerprint density at radius 1 is 0.172 bits per heavy atom. The summed E-state index contributed by atoms with van der Waals surface area (Å²) >= 11 is 1.79. The summed E-state index contributed by atoms with van der Waals surface area (Å²) in [6, 6.07) is 159. The van der Waals surface area contributed by atoms with Crippen molar-refractivity contribution < 1.29 is 0 Å². The maximum Gasteiger partial charge on any atom is 0.238 e. The van der Waals surface area contributed by atoms with Crippen molar-refractivity contribution in [2.24, 2.45) is 0 Å². The van der Waals surface area contributed by atoms with E-state index in [1.54, 1.807) is 11.3 Å². The van der Waals surface area contributed by atoms with Gasteiger partial charge in [-0.1, -0.05) is 412 Å². The van der Waals surface area contributed by atoms with Gasteiger partial charge in [0, 0.05) is 113 Å². The molecule has 0 aliphatic heterocycles. The van der Waals surface area contributed by atoms with Crippen molar-refractivity contribution in [3.05, 3.63) is 482 Å². The third kappa shape index (κ3) is 14.3. The van der Waals surface area contributed by atoms with Crippen LogP contribution in [-0.2, 0) is 16.2 Å². The predicted molar refractivity (Wildman–Crippen MR) is 597 cm³/mol. The van der Waals surface area contributed by atoms with Gasteiger partial charge in [-0.2, -0.15) is 19.9 Å². The van der Waals surface area contributed by atoms with Crippen LogP contribution in [0.1, 0.15) is 74.9 Å². The molecule has 0 spiro atoms. The molecule has 26 aromatic rings. The van der Waals surface area contributed by atoms with Crippen LogP contribution in [0.25, 0.3) is 239 Å². The van der Waals surface area contributed by atoms with Gasteiger partial charge in [-0.05, 0) is 168 Å². The van der Waals surface area contributed by atoms with E-state index in [0.29, 0.717) is 52.7 Å². The van der Waals surface area contributed by atoms with E-state index in [-0.39, 0.29) is 16.2 Å². The summed E-state index contributed by atoms with van der Waals surface area (Å²) in [5, 5.41) is 9.68. The van der Waals surface area contributed by atoms with Crippen LogP contribution < -0.4 is 0 Å². The number of rotatable bonds is 12. The number of para-hydroxylation sites is 1. The topological polar surface area (TPSA) is 131 Å². The lowest BCUT2D eigenvalue weighted by molar-refractivity contribution is 0.660. The molecule has 0 saturated heterocycles. The van der Waals surface area contributed by atoms with Crippen LogP contribution in [0.15, 0.2) is 449 Å². The molecular formula is C132H92N12S. The van der Waals surface area contributed by atoms with E-state index in [0.717, 1.165) is 77.8 Å². The Hall–Kier alpha value is -18.2. The second-order valence-corrected chi connectivity index (χ2v) is 40.6. The maximum atomic E-state index is 5.31. The van der Waals surface area contributed by atoms with E-state index < -0.39 is 0 Å². The first-order valence-electron chi connectivity index (χ1n) is 49.5. The molecule has 7 heterocycles. The fourth-order valence-corrected chi connectivity index (χ4v) is 24.0. The minimum absolute atomic E-state index is 0.120. The zero-order valence-electron chi connectivity index (χ0n) is 80.5. The summed E-state index contributed by atoms with van der Waals surface area (Å²) in [5.74, 6) is 5.78. The number of aromatic nitrogens is 12. The molecule has 13 heteroatoms. The zero-order valence-corrected chi connectivity index (χ0v) is 81.3. The molecule has 3 aliphatic rings. The number of benzene rings is 19. The van der Waals surface area contributed by atoms with Crippen LogP contribution in [0.4, 0.5) is 0 Å². The van der Waals surface area contributed by atoms with Gasteiger partial charge in [0.25, 0.3) is 0 Å². The average molecular weight is 1880 g/mol. The number of fused-ring (bicyclic) bond motifs is 21. The monoisotopic (exact) mass is 1880 g/mol. The lowest BCUT2D eigenvalue weighted by Crippen LogP contribution is -2.15. The number of nitrogens with zero attached hydrogens (tertiary/aromatic N) is 12. The molecule has 12 nitrogen and oxygen atoms in total. The second kappa shape index (κ2) is 34.1.